The summed E-state index contributed by atoms with van der Waals surface area (Å²) < 4.78 is 18.5. The lowest BCUT2D eigenvalue weighted by Crippen LogP contribution is -2.24. The highest BCUT2D eigenvalue weighted by Gasteiger charge is 2.09. The minimum absolute atomic E-state index is 0.272. The third-order valence-corrected chi connectivity index (χ3v) is 3.18. The topological polar surface area (TPSA) is 21.3 Å². The Hall–Kier alpha value is -1.09. The number of hydrogen-bond donors (Lipinski definition) is 1. The molecule has 0 bridgehead atoms. The molecular formula is C15H24FNO. The van der Waals surface area contributed by atoms with Gasteiger partial charge in [-0.05, 0) is 49.5 Å². The van der Waals surface area contributed by atoms with E-state index in [1.54, 1.807) is 12.1 Å². The summed E-state index contributed by atoms with van der Waals surface area (Å²) in [4.78, 5) is 0. The molecule has 0 aliphatic carbocycles. The zero-order chi connectivity index (χ0) is 13.4. The third-order valence-electron chi connectivity index (χ3n) is 3.18. The number of nitrogens with one attached hydrogen (secondary N) is 1. The van der Waals surface area contributed by atoms with Crippen molar-refractivity contribution in [2.24, 2.45) is 5.92 Å². The lowest BCUT2D eigenvalue weighted by molar-refractivity contribution is 0.385. The molecule has 0 aliphatic rings. The molecule has 0 spiro atoms. The minimum Gasteiger partial charge on any atom is -0.494 e. The molecule has 1 aromatic carbocycles. The zero-order valence-electron chi connectivity index (χ0n) is 11.6. The van der Waals surface area contributed by atoms with E-state index in [1.807, 2.05) is 6.07 Å². The Morgan fingerprint density at radius 1 is 1.33 bits per heavy atom. The molecule has 0 aromatic heterocycles. The van der Waals surface area contributed by atoms with Gasteiger partial charge in [0.05, 0.1) is 7.11 Å². The van der Waals surface area contributed by atoms with Gasteiger partial charge in [0, 0.05) is 0 Å². The van der Waals surface area contributed by atoms with E-state index >= 15 is 0 Å². The number of rotatable bonds is 8. The summed E-state index contributed by atoms with van der Waals surface area (Å²) in [5, 5.41) is 3.43. The van der Waals surface area contributed by atoms with E-state index < -0.39 is 0 Å². The number of methoxy groups -OCH3 is 1. The largest absolute Gasteiger partial charge is 0.494 e. The quantitative estimate of drug-likeness (QED) is 0.717. The summed E-state index contributed by atoms with van der Waals surface area (Å²) >= 11 is 0. The Morgan fingerprint density at radius 3 is 2.67 bits per heavy atom. The van der Waals surface area contributed by atoms with Crippen LogP contribution in [0.25, 0.3) is 0 Å². The number of ether oxygens (including phenoxy) is 1. The SMILES string of the molecule is CCCNCC(CC)Cc1ccc(OC)c(F)c1. The summed E-state index contributed by atoms with van der Waals surface area (Å²) in [6.07, 6.45) is 3.16. The van der Waals surface area contributed by atoms with E-state index in [0.29, 0.717) is 11.7 Å². The Morgan fingerprint density at radius 2 is 2.11 bits per heavy atom. The van der Waals surface area contributed by atoms with Gasteiger partial charge in [-0.2, -0.15) is 0 Å². The predicted octanol–water partition coefficient (Wildman–Crippen LogP) is 3.40. The van der Waals surface area contributed by atoms with E-state index in [0.717, 1.165) is 37.9 Å². The van der Waals surface area contributed by atoms with Gasteiger partial charge in [-0.3, -0.25) is 0 Å². The van der Waals surface area contributed by atoms with Crippen LogP contribution in [0.15, 0.2) is 18.2 Å². The summed E-state index contributed by atoms with van der Waals surface area (Å²) in [5.74, 6) is 0.603. The second-order valence-corrected chi connectivity index (χ2v) is 4.65. The van der Waals surface area contributed by atoms with Crippen LogP contribution in [0.3, 0.4) is 0 Å². The second-order valence-electron chi connectivity index (χ2n) is 4.65. The van der Waals surface area contributed by atoms with Gasteiger partial charge in [0.25, 0.3) is 0 Å². The molecule has 0 saturated heterocycles. The summed E-state index contributed by atoms with van der Waals surface area (Å²) in [6.45, 7) is 6.39. The van der Waals surface area contributed by atoms with E-state index in [2.05, 4.69) is 19.2 Å². The fraction of sp³-hybridized carbons (Fsp3) is 0.600. The first-order valence-electron chi connectivity index (χ1n) is 6.74. The monoisotopic (exact) mass is 253 g/mol. The molecule has 2 nitrogen and oxygen atoms in total. The van der Waals surface area contributed by atoms with Crippen molar-refractivity contribution >= 4 is 0 Å². The first-order chi connectivity index (χ1) is 8.71. The maximum absolute atomic E-state index is 13.6. The van der Waals surface area contributed by atoms with E-state index in [9.17, 15) is 4.39 Å². The highest BCUT2D eigenvalue weighted by atomic mass is 19.1. The van der Waals surface area contributed by atoms with E-state index in [-0.39, 0.29) is 5.82 Å². The molecule has 1 N–H and O–H groups in total. The van der Waals surface area contributed by atoms with Crippen molar-refractivity contribution in [2.45, 2.75) is 33.1 Å². The molecule has 0 amide bonds. The van der Waals surface area contributed by atoms with Crippen molar-refractivity contribution in [1.29, 1.82) is 0 Å². The van der Waals surface area contributed by atoms with Crippen molar-refractivity contribution in [3.8, 4) is 5.75 Å². The first-order valence-corrected chi connectivity index (χ1v) is 6.74. The van der Waals surface area contributed by atoms with Gasteiger partial charge in [-0.15, -0.1) is 0 Å². The zero-order valence-corrected chi connectivity index (χ0v) is 11.6. The molecule has 0 fully saturated rings. The van der Waals surface area contributed by atoms with Crippen LogP contribution in [0.2, 0.25) is 0 Å². The predicted molar refractivity (Wildman–Crippen MR) is 73.6 cm³/mol. The molecule has 1 aromatic rings. The fourth-order valence-corrected chi connectivity index (χ4v) is 2.01. The van der Waals surface area contributed by atoms with Crippen LogP contribution in [0.5, 0.6) is 5.75 Å². The number of halogens is 1. The second kappa shape index (κ2) is 8.09. The Balaban J connectivity index is 2.55. The summed E-state index contributed by atoms with van der Waals surface area (Å²) in [5.41, 5.74) is 1.04. The maximum Gasteiger partial charge on any atom is 0.165 e. The smallest absolute Gasteiger partial charge is 0.165 e. The lowest BCUT2D eigenvalue weighted by Gasteiger charge is -2.16. The molecule has 0 aliphatic heterocycles. The van der Waals surface area contributed by atoms with Crippen molar-refractivity contribution in [2.75, 3.05) is 20.2 Å². The van der Waals surface area contributed by atoms with Crippen LogP contribution in [-0.4, -0.2) is 20.2 Å². The molecule has 1 rings (SSSR count). The van der Waals surface area contributed by atoms with Crippen molar-refractivity contribution in [3.63, 3.8) is 0 Å². The lowest BCUT2D eigenvalue weighted by atomic mass is 9.96. The van der Waals surface area contributed by atoms with Crippen LogP contribution >= 0.6 is 0 Å². The van der Waals surface area contributed by atoms with Crippen LogP contribution in [0, 0.1) is 11.7 Å². The molecule has 1 atom stereocenters. The van der Waals surface area contributed by atoms with Crippen molar-refractivity contribution < 1.29 is 9.13 Å². The number of hydrogen-bond acceptors (Lipinski definition) is 2. The first kappa shape index (κ1) is 15.0. The van der Waals surface area contributed by atoms with Gasteiger partial charge >= 0.3 is 0 Å². The normalized spacial score (nSPS) is 12.4. The summed E-state index contributed by atoms with van der Waals surface area (Å²) in [7, 11) is 1.49. The maximum atomic E-state index is 13.6. The molecule has 0 saturated carbocycles. The van der Waals surface area contributed by atoms with Crippen LogP contribution in [0.4, 0.5) is 4.39 Å². The van der Waals surface area contributed by atoms with Crippen molar-refractivity contribution in [3.05, 3.63) is 29.6 Å². The third kappa shape index (κ3) is 4.65. The van der Waals surface area contributed by atoms with Gasteiger partial charge in [-0.25, -0.2) is 4.39 Å². The molecule has 1 unspecified atom stereocenters. The molecule has 0 heterocycles. The van der Waals surface area contributed by atoms with Gasteiger partial charge in [0.1, 0.15) is 0 Å². The van der Waals surface area contributed by atoms with E-state index in [4.69, 9.17) is 4.74 Å². The molecule has 102 valence electrons. The van der Waals surface area contributed by atoms with E-state index in [1.165, 1.54) is 7.11 Å². The van der Waals surface area contributed by atoms with Crippen LogP contribution in [-0.2, 0) is 6.42 Å². The highest BCUT2D eigenvalue weighted by Crippen LogP contribution is 2.20. The van der Waals surface area contributed by atoms with Gasteiger partial charge < -0.3 is 10.1 Å². The molecule has 0 radical (unpaired) electrons. The van der Waals surface area contributed by atoms with Gasteiger partial charge in [0.2, 0.25) is 0 Å². The molecular weight excluding hydrogens is 229 g/mol. The average Bonchev–Trinajstić information content (AvgIpc) is 2.38. The van der Waals surface area contributed by atoms with Gasteiger partial charge in [0.15, 0.2) is 11.6 Å². The fourth-order valence-electron chi connectivity index (χ4n) is 2.01. The van der Waals surface area contributed by atoms with Gasteiger partial charge in [-0.1, -0.05) is 26.3 Å². The Bertz CT molecular complexity index is 354. The van der Waals surface area contributed by atoms with Crippen LogP contribution < -0.4 is 10.1 Å². The van der Waals surface area contributed by atoms with Crippen molar-refractivity contribution in [1.82, 2.24) is 5.32 Å². The number of benzene rings is 1. The van der Waals surface area contributed by atoms with Crippen LogP contribution in [0.1, 0.15) is 32.3 Å². The average molecular weight is 253 g/mol. The summed E-state index contributed by atoms with van der Waals surface area (Å²) in [6, 6.07) is 5.24. The standard InChI is InChI=1S/C15H24FNO/c1-4-8-17-11-12(5-2)9-13-6-7-15(18-3)14(16)10-13/h6-7,10,12,17H,4-5,8-9,11H2,1-3H3. The molecule has 3 heteroatoms. The molecule has 18 heavy (non-hydrogen) atoms. The highest BCUT2D eigenvalue weighted by molar-refractivity contribution is 5.29. The Labute approximate surface area is 110 Å². The Kier molecular flexibility index (Phi) is 6.73. The minimum atomic E-state index is -0.272.